The third kappa shape index (κ3) is 2.38. The molecular formula is C7H9N3O3. The van der Waals surface area contributed by atoms with Crippen molar-refractivity contribution < 1.29 is 10.0 Å². The van der Waals surface area contributed by atoms with Crippen molar-refractivity contribution in [1.82, 2.24) is 4.98 Å². The Kier molecular flexibility index (Phi) is 3.15. The second kappa shape index (κ2) is 4.36. The number of nitro groups is 1. The quantitative estimate of drug-likeness (QED) is 0.520. The number of anilines is 1. The molecule has 0 unspecified atom stereocenters. The first-order chi connectivity index (χ1) is 6.25. The van der Waals surface area contributed by atoms with Crippen LogP contribution in [0.1, 0.15) is 0 Å². The number of hydrogen-bond acceptors (Lipinski definition) is 5. The van der Waals surface area contributed by atoms with Crippen LogP contribution in [0.3, 0.4) is 0 Å². The lowest BCUT2D eigenvalue weighted by Gasteiger charge is -2.03. The van der Waals surface area contributed by atoms with Crippen LogP contribution >= 0.6 is 0 Å². The molecule has 1 heterocycles. The van der Waals surface area contributed by atoms with Gasteiger partial charge in [0.05, 0.1) is 17.7 Å². The molecule has 6 nitrogen and oxygen atoms in total. The van der Waals surface area contributed by atoms with Gasteiger partial charge in [0, 0.05) is 18.8 Å². The van der Waals surface area contributed by atoms with Crippen molar-refractivity contribution in [2.45, 2.75) is 0 Å². The molecule has 70 valence electrons. The Morgan fingerprint density at radius 1 is 1.69 bits per heavy atom. The van der Waals surface area contributed by atoms with E-state index in [2.05, 4.69) is 10.3 Å². The van der Waals surface area contributed by atoms with E-state index in [9.17, 15) is 10.1 Å². The van der Waals surface area contributed by atoms with Crippen LogP contribution in [0.25, 0.3) is 0 Å². The number of hydrogen-bond donors (Lipinski definition) is 2. The zero-order chi connectivity index (χ0) is 9.68. The van der Waals surface area contributed by atoms with Crippen molar-refractivity contribution in [3.05, 3.63) is 28.6 Å². The predicted molar refractivity (Wildman–Crippen MR) is 46.5 cm³/mol. The molecule has 0 aromatic carbocycles. The normalized spacial score (nSPS) is 9.62. The zero-order valence-electron chi connectivity index (χ0n) is 6.80. The molecular weight excluding hydrogens is 174 g/mol. The summed E-state index contributed by atoms with van der Waals surface area (Å²) < 4.78 is 0. The van der Waals surface area contributed by atoms with Crippen molar-refractivity contribution in [1.29, 1.82) is 0 Å². The maximum Gasteiger partial charge on any atom is 0.295 e. The van der Waals surface area contributed by atoms with Gasteiger partial charge in [-0.1, -0.05) is 0 Å². The standard InChI is InChI=1S/C7H9N3O3/c11-4-3-9-6-5-8-2-1-7(6)10(12)13/h1-2,5,9,11H,3-4H2. The van der Waals surface area contributed by atoms with Crippen LogP contribution in [0.15, 0.2) is 18.5 Å². The van der Waals surface area contributed by atoms with Gasteiger partial charge in [-0.2, -0.15) is 0 Å². The molecule has 0 aliphatic heterocycles. The van der Waals surface area contributed by atoms with Gasteiger partial charge in [-0.3, -0.25) is 15.1 Å². The summed E-state index contributed by atoms with van der Waals surface area (Å²) in [6.07, 6.45) is 2.70. The number of aromatic nitrogens is 1. The third-order valence-electron chi connectivity index (χ3n) is 1.42. The molecule has 0 spiro atoms. The molecule has 0 saturated heterocycles. The SMILES string of the molecule is O=[N+]([O-])c1ccncc1NCCO. The van der Waals surface area contributed by atoms with Crippen LogP contribution in [-0.2, 0) is 0 Å². The number of pyridine rings is 1. The third-order valence-corrected chi connectivity index (χ3v) is 1.42. The van der Waals surface area contributed by atoms with E-state index in [1.807, 2.05) is 0 Å². The highest BCUT2D eigenvalue weighted by Crippen LogP contribution is 2.21. The number of nitrogens with one attached hydrogen (secondary N) is 1. The van der Waals surface area contributed by atoms with Crippen LogP contribution in [0, 0.1) is 10.1 Å². The average Bonchev–Trinajstić information content (AvgIpc) is 2.15. The second-order valence-electron chi connectivity index (χ2n) is 2.30. The van der Waals surface area contributed by atoms with Crippen LogP contribution in [0.2, 0.25) is 0 Å². The summed E-state index contributed by atoms with van der Waals surface area (Å²) in [6, 6.07) is 1.31. The highest BCUT2D eigenvalue weighted by atomic mass is 16.6. The molecule has 1 aromatic rings. The van der Waals surface area contributed by atoms with E-state index in [0.717, 1.165) is 0 Å². The molecule has 0 aliphatic rings. The van der Waals surface area contributed by atoms with Gasteiger partial charge in [0.2, 0.25) is 0 Å². The Balaban J connectivity index is 2.84. The molecule has 0 radical (unpaired) electrons. The molecule has 6 heteroatoms. The predicted octanol–water partition coefficient (Wildman–Crippen LogP) is 0.394. The molecule has 0 fully saturated rings. The van der Waals surface area contributed by atoms with Crippen molar-refractivity contribution >= 4 is 11.4 Å². The molecule has 0 bridgehead atoms. The van der Waals surface area contributed by atoms with Crippen LogP contribution in [0.4, 0.5) is 11.4 Å². The smallest absolute Gasteiger partial charge is 0.295 e. The lowest BCUT2D eigenvalue weighted by Crippen LogP contribution is -2.07. The highest BCUT2D eigenvalue weighted by Gasteiger charge is 2.11. The molecule has 0 amide bonds. The van der Waals surface area contributed by atoms with E-state index >= 15 is 0 Å². The first-order valence-corrected chi connectivity index (χ1v) is 3.69. The Morgan fingerprint density at radius 2 is 2.46 bits per heavy atom. The Bertz CT molecular complexity index is 303. The Morgan fingerprint density at radius 3 is 3.08 bits per heavy atom. The largest absolute Gasteiger partial charge is 0.395 e. The summed E-state index contributed by atoms with van der Waals surface area (Å²) in [7, 11) is 0. The van der Waals surface area contributed by atoms with Gasteiger partial charge in [0.1, 0.15) is 5.69 Å². The number of aliphatic hydroxyl groups excluding tert-OH is 1. The van der Waals surface area contributed by atoms with Crippen LogP contribution in [-0.4, -0.2) is 28.2 Å². The van der Waals surface area contributed by atoms with Gasteiger partial charge >= 0.3 is 0 Å². The van der Waals surface area contributed by atoms with Crippen LogP contribution < -0.4 is 5.32 Å². The van der Waals surface area contributed by atoms with Gasteiger partial charge in [0.15, 0.2) is 0 Å². The summed E-state index contributed by atoms with van der Waals surface area (Å²) in [4.78, 5) is 13.7. The first-order valence-electron chi connectivity index (χ1n) is 3.69. The topological polar surface area (TPSA) is 88.3 Å². The van der Waals surface area contributed by atoms with Gasteiger partial charge in [0.25, 0.3) is 5.69 Å². The zero-order valence-corrected chi connectivity index (χ0v) is 6.80. The molecule has 0 saturated carbocycles. The molecule has 2 N–H and O–H groups in total. The van der Waals surface area contributed by atoms with Crippen LogP contribution in [0.5, 0.6) is 0 Å². The maximum atomic E-state index is 10.5. The minimum Gasteiger partial charge on any atom is -0.395 e. The van der Waals surface area contributed by atoms with E-state index in [1.54, 1.807) is 0 Å². The summed E-state index contributed by atoms with van der Waals surface area (Å²) in [5, 5.41) is 21.7. The van der Waals surface area contributed by atoms with E-state index < -0.39 is 4.92 Å². The van der Waals surface area contributed by atoms with Gasteiger partial charge in [-0.15, -0.1) is 0 Å². The average molecular weight is 183 g/mol. The number of aliphatic hydroxyl groups is 1. The molecule has 1 rings (SSSR count). The molecule has 0 atom stereocenters. The fraction of sp³-hybridized carbons (Fsp3) is 0.286. The molecule has 0 aliphatic carbocycles. The van der Waals surface area contributed by atoms with E-state index in [0.29, 0.717) is 5.69 Å². The van der Waals surface area contributed by atoms with Crippen molar-refractivity contribution in [3.8, 4) is 0 Å². The number of nitrogens with zero attached hydrogens (tertiary/aromatic N) is 2. The summed E-state index contributed by atoms with van der Waals surface area (Å²) in [6.45, 7) is 0.193. The molecule has 13 heavy (non-hydrogen) atoms. The Labute approximate surface area is 74.4 Å². The minimum atomic E-state index is -0.499. The van der Waals surface area contributed by atoms with Gasteiger partial charge in [-0.25, -0.2) is 0 Å². The lowest BCUT2D eigenvalue weighted by atomic mass is 10.3. The Hall–Kier alpha value is -1.69. The van der Waals surface area contributed by atoms with Crippen molar-refractivity contribution in [2.24, 2.45) is 0 Å². The second-order valence-corrected chi connectivity index (χ2v) is 2.30. The van der Waals surface area contributed by atoms with Crippen molar-refractivity contribution in [3.63, 3.8) is 0 Å². The highest BCUT2D eigenvalue weighted by molar-refractivity contribution is 5.59. The van der Waals surface area contributed by atoms with Gasteiger partial charge in [-0.05, 0) is 0 Å². The lowest BCUT2D eigenvalue weighted by molar-refractivity contribution is -0.384. The fourth-order valence-corrected chi connectivity index (χ4v) is 0.873. The summed E-state index contributed by atoms with van der Waals surface area (Å²) >= 11 is 0. The van der Waals surface area contributed by atoms with E-state index in [4.69, 9.17) is 5.11 Å². The van der Waals surface area contributed by atoms with Crippen molar-refractivity contribution in [2.75, 3.05) is 18.5 Å². The summed E-state index contributed by atoms with van der Waals surface area (Å²) in [5.74, 6) is 0. The maximum absolute atomic E-state index is 10.5. The number of rotatable bonds is 4. The fourth-order valence-electron chi connectivity index (χ4n) is 0.873. The molecule has 1 aromatic heterocycles. The van der Waals surface area contributed by atoms with Gasteiger partial charge < -0.3 is 10.4 Å². The summed E-state index contributed by atoms with van der Waals surface area (Å²) in [5.41, 5.74) is 0.282. The van der Waals surface area contributed by atoms with E-state index in [-0.39, 0.29) is 18.8 Å². The monoisotopic (exact) mass is 183 g/mol. The minimum absolute atomic E-state index is 0.0385. The van der Waals surface area contributed by atoms with E-state index in [1.165, 1.54) is 18.5 Å². The first kappa shape index (κ1) is 9.40.